The molecule has 0 radical (unpaired) electrons. The largest absolute Gasteiger partial charge is 0.530 e. The van der Waals surface area contributed by atoms with Crippen molar-refractivity contribution < 1.29 is 51.8 Å². The van der Waals surface area contributed by atoms with Crippen LogP contribution in [0.4, 0.5) is 9.59 Å². The van der Waals surface area contributed by atoms with Gasteiger partial charge in [0.05, 0.1) is 13.2 Å². The molecular weight excluding hydrogens is 799 g/mol. The number of aliphatic carboxylic acids is 1. The highest BCUT2D eigenvalue weighted by molar-refractivity contribution is 7.48. The number of carbonyl (C=O) groups excluding carboxylic acids is 2. The predicted molar refractivity (Wildman–Crippen MR) is 226 cm³/mol. The van der Waals surface area contributed by atoms with Gasteiger partial charge in [-0.15, -0.1) is 0 Å². The van der Waals surface area contributed by atoms with Crippen LogP contribution in [0.15, 0.2) is 170 Å². The van der Waals surface area contributed by atoms with E-state index in [0.717, 1.165) is 16.7 Å². The van der Waals surface area contributed by atoms with E-state index in [1.165, 1.54) is 25.1 Å². The summed E-state index contributed by atoms with van der Waals surface area (Å²) in [5.41, 5.74) is 4.01. The summed E-state index contributed by atoms with van der Waals surface area (Å²) in [5, 5.41) is 11.4. The number of hydrogen-bond donors (Lipinski definition) is 2. The average Bonchev–Trinajstić information content (AvgIpc) is 3.29. The van der Waals surface area contributed by atoms with Gasteiger partial charge in [0, 0.05) is 6.42 Å². The van der Waals surface area contributed by atoms with Gasteiger partial charge >= 0.3 is 26.0 Å². The molecule has 2 amide bonds. The zero-order valence-corrected chi connectivity index (χ0v) is 34.2. The summed E-state index contributed by atoms with van der Waals surface area (Å²) in [4.78, 5) is 40.3. The molecule has 61 heavy (non-hydrogen) atoms. The second-order valence-electron chi connectivity index (χ2n) is 13.9. The van der Waals surface area contributed by atoms with Crippen molar-refractivity contribution in [3.8, 4) is 11.5 Å². The van der Waals surface area contributed by atoms with E-state index in [2.05, 4.69) is 5.43 Å². The number of hydrazine groups is 1. The standard InChI is InChI=1S/C47H45N2O11P/c1-47(44(50)51,49(46(53)57-33-38-21-11-4-12-22-38)48-45(52)56-32-37-19-9-3-10-20-37)30-41-27-28-42(43(29-41)55-31-36-17-7-2-8-18-36)60-61(54,58-34-39-23-13-5-14-24-39)59-35-40-25-15-6-16-26-40/h2-29H,30-35H2,1H3,(H,48,52)(H,50,51). The SMILES string of the molecule is CC(Cc1ccc(OP(=O)(OCc2ccccc2)OCc2ccccc2)c(OCc2ccccc2)c1)(C(=O)O)N(NC(=O)OCc1ccccc1)C(=O)OCc1ccccc1. The Morgan fingerprint density at radius 2 is 0.984 bits per heavy atom. The Morgan fingerprint density at radius 1 is 0.557 bits per heavy atom. The normalized spacial score (nSPS) is 12.0. The maximum atomic E-state index is 14.4. The van der Waals surface area contributed by atoms with Crippen molar-refractivity contribution in [3.05, 3.63) is 203 Å². The van der Waals surface area contributed by atoms with Crippen molar-refractivity contribution in [2.24, 2.45) is 0 Å². The fourth-order valence-corrected chi connectivity index (χ4v) is 7.09. The number of benzene rings is 6. The predicted octanol–water partition coefficient (Wildman–Crippen LogP) is 10.1. The Balaban J connectivity index is 1.30. The Hall–Kier alpha value is -6.92. The Bertz CT molecular complexity index is 2330. The summed E-state index contributed by atoms with van der Waals surface area (Å²) in [6.07, 6.45) is -2.64. The maximum absolute atomic E-state index is 14.4. The Labute approximate surface area is 354 Å². The highest BCUT2D eigenvalue weighted by atomic mass is 31.2. The van der Waals surface area contributed by atoms with Gasteiger partial charge in [-0.05, 0) is 52.4 Å². The van der Waals surface area contributed by atoms with Crippen LogP contribution >= 0.6 is 7.82 Å². The number of carboxylic acids is 1. The zero-order chi connectivity index (χ0) is 42.9. The molecule has 0 bridgehead atoms. The van der Waals surface area contributed by atoms with Gasteiger partial charge in [0.25, 0.3) is 0 Å². The lowest BCUT2D eigenvalue weighted by Gasteiger charge is -2.36. The van der Waals surface area contributed by atoms with Gasteiger partial charge in [-0.3, -0.25) is 9.05 Å². The van der Waals surface area contributed by atoms with Gasteiger partial charge in [0.2, 0.25) is 0 Å². The van der Waals surface area contributed by atoms with Crippen LogP contribution in [0.2, 0.25) is 0 Å². The van der Waals surface area contributed by atoms with Gasteiger partial charge in [-0.1, -0.05) is 158 Å². The molecular formula is C47H45N2O11P. The number of amides is 2. The molecule has 6 rings (SSSR count). The summed E-state index contributed by atoms with van der Waals surface area (Å²) in [6, 6.07) is 49.5. The third-order valence-corrected chi connectivity index (χ3v) is 10.5. The van der Waals surface area contributed by atoms with Crippen molar-refractivity contribution in [2.75, 3.05) is 0 Å². The molecule has 314 valence electrons. The molecule has 0 aliphatic heterocycles. The monoisotopic (exact) mass is 844 g/mol. The second kappa shape index (κ2) is 21.4. The van der Waals surface area contributed by atoms with Gasteiger partial charge in [0.15, 0.2) is 17.0 Å². The van der Waals surface area contributed by atoms with E-state index >= 15 is 0 Å². The highest BCUT2D eigenvalue weighted by Crippen LogP contribution is 2.53. The van der Waals surface area contributed by atoms with Gasteiger partial charge in [-0.25, -0.2) is 24.4 Å². The maximum Gasteiger partial charge on any atom is 0.530 e. The molecule has 6 aromatic carbocycles. The number of hydrogen-bond acceptors (Lipinski definition) is 10. The highest BCUT2D eigenvalue weighted by Gasteiger charge is 2.46. The number of phosphoric acid groups is 1. The molecule has 0 heterocycles. The third kappa shape index (κ3) is 13.0. The van der Waals surface area contributed by atoms with Gasteiger partial charge < -0.3 is 23.8 Å². The number of nitrogens with one attached hydrogen (secondary N) is 1. The molecule has 13 nitrogen and oxygen atoms in total. The van der Waals surface area contributed by atoms with Crippen LogP contribution < -0.4 is 14.7 Å². The first-order valence-corrected chi connectivity index (χ1v) is 20.7. The van der Waals surface area contributed by atoms with Gasteiger partial charge in [-0.2, -0.15) is 5.01 Å². The van der Waals surface area contributed by atoms with E-state index < -0.39 is 37.9 Å². The number of carbonyl (C=O) groups is 3. The fourth-order valence-electron chi connectivity index (χ4n) is 5.90. The van der Waals surface area contributed by atoms with Crippen LogP contribution in [0.1, 0.15) is 40.3 Å². The molecule has 0 saturated carbocycles. The molecule has 2 N–H and O–H groups in total. The molecule has 14 heteroatoms. The molecule has 0 fully saturated rings. The molecule has 0 spiro atoms. The minimum atomic E-state index is -4.38. The van der Waals surface area contributed by atoms with E-state index in [1.54, 1.807) is 60.7 Å². The second-order valence-corrected chi connectivity index (χ2v) is 15.5. The molecule has 1 unspecified atom stereocenters. The smallest absolute Gasteiger partial charge is 0.485 e. The van der Waals surface area contributed by atoms with Crippen LogP contribution in [0.5, 0.6) is 11.5 Å². The van der Waals surface area contributed by atoms with E-state index in [1.807, 2.05) is 91.0 Å². The van der Waals surface area contributed by atoms with Crippen molar-refractivity contribution in [2.45, 2.75) is 51.9 Å². The van der Waals surface area contributed by atoms with Crippen LogP contribution in [0.25, 0.3) is 0 Å². The van der Waals surface area contributed by atoms with E-state index in [9.17, 15) is 24.1 Å². The summed E-state index contributed by atoms with van der Waals surface area (Å²) >= 11 is 0. The lowest BCUT2D eigenvalue weighted by Crippen LogP contribution is -2.63. The van der Waals surface area contributed by atoms with E-state index in [4.69, 9.17) is 27.8 Å². The minimum Gasteiger partial charge on any atom is -0.485 e. The number of rotatable bonds is 19. The molecule has 6 aromatic rings. The summed E-state index contributed by atoms with van der Waals surface area (Å²) in [6.45, 7) is 0.742. The van der Waals surface area contributed by atoms with E-state index in [-0.39, 0.29) is 44.5 Å². The lowest BCUT2D eigenvalue weighted by atomic mass is 9.92. The van der Waals surface area contributed by atoms with Crippen molar-refractivity contribution in [1.82, 2.24) is 10.4 Å². The van der Waals surface area contributed by atoms with Crippen LogP contribution in [-0.4, -0.2) is 33.8 Å². The molecule has 0 saturated heterocycles. The molecule has 0 aromatic heterocycles. The van der Waals surface area contributed by atoms with Crippen LogP contribution in [-0.2, 0) is 67.3 Å². The van der Waals surface area contributed by atoms with Crippen molar-refractivity contribution in [1.29, 1.82) is 0 Å². The molecule has 0 aliphatic rings. The molecule has 1 atom stereocenters. The number of phosphoric ester groups is 1. The summed E-state index contributed by atoms with van der Waals surface area (Å²) in [7, 11) is -4.38. The quantitative estimate of drug-likeness (QED) is 0.0590. The van der Waals surface area contributed by atoms with Crippen LogP contribution in [0.3, 0.4) is 0 Å². The van der Waals surface area contributed by atoms with E-state index in [0.29, 0.717) is 21.7 Å². The third-order valence-electron chi connectivity index (χ3n) is 9.23. The molecule has 0 aliphatic carbocycles. The topological polar surface area (TPSA) is 159 Å². The lowest BCUT2D eigenvalue weighted by molar-refractivity contribution is -0.151. The van der Waals surface area contributed by atoms with Gasteiger partial charge in [0.1, 0.15) is 19.8 Å². The summed E-state index contributed by atoms with van der Waals surface area (Å²) in [5.74, 6) is -1.44. The average molecular weight is 845 g/mol. The van der Waals surface area contributed by atoms with Crippen LogP contribution in [0, 0.1) is 0 Å². The first-order chi connectivity index (χ1) is 29.6. The number of ether oxygens (including phenoxy) is 3. The first-order valence-electron chi connectivity index (χ1n) is 19.3. The minimum absolute atomic E-state index is 0.0251. The first kappa shape index (κ1) is 43.7. The Kier molecular flexibility index (Phi) is 15.3. The van der Waals surface area contributed by atoms with Crippen molar-refractivity contribution in [3.63, 3.8) is 0 Å². The zero-order valence-electron chi connectivity index (χ0n) is 33.3. The van der Waals surface area contributed by atoms with Crippen molar-refractivity contribution >= 4 is 26.0 Å². The number of nitrogens with zero attached hydrogens (tertiary/aromatic N) is 1. The fraction of sp³-hybridized carbons (Fsp3) is 0.170. The number of carboxylic acid groups (broad SMARTS) is 1. The Morgan fingerprint density at radius 3 is 1.44 bits per heavy atom. The summed E-state index contributed by atoms with van der Waals surface area (Å²) < 4.78 is 49.4.